The summed E-state index contributed by atoms with van der Waals surface area (Å²) in [5, 5.41) is 16.8. The maximum atomic E-state index is 11.8. The van der Waals surface area contributed by atoms with Crippen molar-refractivity contribution in [3.05, 3.63) is 0 Å². The fourth-order valence-electron chi connectivity index (χ4n) is 2.81. The number of hydrogen-bond acceptors (Lipinski definition) is 4. The molecule has 0 aromatic heterocycles. The summed E-state index contributed by atoms with van der Waals surface area (Å²) < 4.78 is 5.31. The van der Waals surface area contributed by atoms with Gasteiger partial charge in [-0.2, -0.15) is 0 Å². The molecule has 0 aliphatic heterocycles. The van der Waals surface area contributed by atoms with Crippen LogP contribution in [0.5, 0.6) is 0 Å². The second kappa shape index (κ2) is 8.16. The van der Waals surface area contributed by atoms with E-state index in [9.17, 15) is 9.90 Å². The van der Waals surface area contributed by atoms with Crippen LogP contribution in [0.4, 0.5) is 4.79 Å². The molecule has 22 heavy (non-hydrogen) atoms. The number of carbonyl (C=O) groups excluding carboxylic acids is 1. The summed E-state index contributed by atoms with van der Waals surface area (Å²) in [5.74, 6) is 0. The van der Waals surface area contributed by atoms with Crippen molar-refractivity contribution >= 4 is 6.09 Å². The largest absolute Gasteiger partial charge is 0.444 e. The Morgan fingerprint density at radius 2 is 1.77 bits per heavy atom. The molecule has 1 aliphatic carbocycles. The molecule has 0 spiro atoms. The normalized spacial score (nSPS) is 23.2. The van der Waals surface area contributed by atoms with Gasteiger partial charge in [0.2, 0.25) is 0 Å². The second-order valence-corrected chi connectivity index (χ2v) is 7.52. The number of rotatable bonds is 6. The molecule has 0 aromatic carbocycles. The van der Waals surface area contributed by atoms with Gasteiger partial charge in [0.25, 0.3) is 0 Å². The molecule has 0 saturated heterocycles. The molecular weight excluding hydrogens is 280 g/mol. The van der Waals surface area contributed by atoms with Crippen molar-refractivity contribution in [1.82, 2.24) is 10.6 Å². The molecule has 1 aliphatic rings. The third-order valence-corrected chi connectivity index (χ3v) is 4.43. The first kappa shape index (κ1) is 19.2. The number of amides is 1. The summed E-state index contributed by atoms with van der Waals surface area (Å²) in [6.07, 6.45) is 5.22. The van der Waals surface area contributed by atoms with Crippen molar-refractivity contribution in [3.8, 4) is 0 Å². The monoisotopic (exact) mass is 314 g/mol. The first-order valence-corrected chi connectivity index (χ1v) is 8.62. The van der Waals surface area contributed by atoms with E-state index >= 15 is 0 Å². The molecule has 5 heteroatoms. The molecule has 1 amide bonds. The van der Waals surface area contributed by atoms with Crippen LogP contribution in [0.3, 0.4) is 0 Å². The van der Waals surface area contributed by atoms with Crippen LogP contribution in [0.2, 0.25) is 0 Å². The number of nitrogens with one attached hydrogen (secondary N) is 2. The SMILES string of the molecule is CCC(O)(CC)CNC1CCCC(NC(=O)OC(C)(C)C)C1. The Balaban J connectivity index is 2.40. The fourth-order valence-corrected chi connectivity index (χ4v) is 2.81. The van der Waals surface area contributed by atoms with Gasteiger partial charge >= 0.3 is 6.09 Å². The van der Waals surface area contributed by atoms with Crippen LogP contribution in [-0.2, 0) is 4.74 Å². The van der Waals surface area contributed by atoms with Gasteiger partial charge in [-0.25, -0.2) is 4.79 Å². The number of carbonyl (C=O) groups is 1. The standard InChI is InChI=1S/C17H34N2O3/c1-6-17(21,7-2)12-18-13-9-8-10-14(11-13)19-15(20)22-16(3,4)5/h13-14,18,21H,6-12H2,1-5H3,(H,19,20). The molecule has 130 valence electrons. The first-order valence-electron chi connectivity index (χ1n) is 8.62. The van der Waals surface area contributed by atoms with Gasteiger partial charge in [-0.05, 0) is 59.3 Å². The van der Waals surface area contributed by atoms with Crippen molar-refractivity contribution in [2.45, 2.75) is 96.4 Å². The summed E-state index contributed by atoms with van der Waals surface area (Å²) in [4.78, 5) is 11.8. The second-order valence-electron chi connectivity index (χ2n) is 7.52. The van der Waals surface area contributed by atoms with E-state index in [0.717, 1.165) is 38.5 Å². The summed E-state index contributed by atoms with van der Waals surface area (Å²) in [6, 6.07) is 0.496. The van der Waals surface area contributed by atoms with Crippen molar-refractivity contribution in [2.24, 2.45) is 0 Å². The van der Waals surface area contributed by atoms with Crippen LogP contribution in [0.1, 0.15) is 73.1 Å². The Kier molecular flexibility index (Phi) is 7.13. The maximum absolute atomic E-state index is 11.8. The van der Waals surface area contributed by atoms with Crippen molar-refractivity contribution in [1.29, 1.82) is 0 Å². The summed E-state index contributed by atoms with van der Waals surface area (Å²) in [6.45, 7) is 10.2. The van der Waals surface area contributed by atoms with E-state index < -0.39 is 11.2 Å². The van der Waals surface area contributed by atoms with Gasteiger partial charge in [0.15, 0.2) is 0 Å². The number of aliphatic hydroxyl groups is 1. The summed E-state index contributed by atoms with van der Waals surface area (Å²) in [5.41, 5.74) is -1.08. The molecule has 5 nitrogen and oxygen atoms in total. The molecule has 0 aromatic rings. The van der Waals surface area contributed by atoms with Crippen LogP contribution in [-0.4, -0.2) is 41.0 Å². The van der Waals surface area contributed by atoms with E-state index in [4.69, 9.17) is 4.74 Å². The zero-order valence-electron chi connectivity index (χ0n) is 14.9. The maximum Gasteiger partial charge on any atom is 0.407 e. The average Bonchev–Trinajstić information content (AvgIpc) is 2.43. The van der Waals surface area contributed by atoms with Crippen LogP contribution in [0, 0.1) is 0 Å². The third kappa shape index (κ3) is 6.97. The van der Waals surface area contributed by atoms with E-state index in [-0.39, 0.29) is 12.1 Å². The van der Waals surface area contributed by atoms with Crippen LogP contribution in [0.15, 0.2) is 0 Å². The van der Waals surface area contributed by atoms with Crippen LogP contribution >= 0.6 is 0 Å². The smallest absolute Gasteiger partial charge is 0.407 e. The summed E-state index contributed by atoms with van der Waals surface area (Å²) >= 11 is 0. The van der Waals surface area contributed by atoms with Gasteiger partial charge in [0.1, 0.15) is 5.60 Å². The Morgan fingerprint density at radius 1 is 1.18 bits per heavy atom. The zero-order chi connectivity index (χ0) is 16.8. The van der Waals surface area contributed by atoms with Crippen LogP contribution < -0.4 is 10.6 Å². The molecular formula is C17H34N2O3. The predicted molar refractivity (Wildman–Crippen MR) is 88.9 cm³/mol. The highest BCUT2D eigenvalue weighted by Gasteiger charge is 2.28. The lowest BCUT2D eigenvalue weighted by Crippen LogP contribution is -2.49. The Morgan fingerprint density at radius 3 is 2.32 bits per heavy atom. The lowest BCUT2D eigenvalue weighted by molar-refractivity contribution is 0.0272. The minimum absolute atomic E-state index is 0.150. The van der Waals surface area contributed by atoms with E-state index in [1.54, 1.807) is 0 Å². The van der Waals surface area contributed by atoms with E-state index in [2.05, 4.69) is 10.6 Å². The van der Waals surface area contributed by atoms with Gasteiger partial charge in [-0.3, -0.25) is 0 Å². The highest BCUT2D eigenvalue weighted by atomic mass is 16.6. The van der Waals surface area contributed by atoms with E-state index in [1.807, 2.05) is 34.6 Å². The molecule has 1 saturated carbocycles. The molecule has 0 heterocycles. The number of hydrogen-bond donors (Lipinski definition) is 3. The van der Waals surface area contributed by atoms with Gasteiger partial charge in [-0.15, -0.1) is 0 Å². The molecule has 1 rings (SSSR count). The number of ether oxygens (including phenoxy) is 1. The highest BCUT2D eigenvalue weighted by molar-refractivity contribution is 5.68. The van der Waals surface area contributed by atoms with Crippen molar-refractivity contribution in [2.75, 3.05) is 6.54 Å². The number of alkyl carbamates (subject to hydrolysis) is 1. The molecule has 2 atom stereocenters. The van der Waals surface area contributed by atoms with Gasteiger partial charge in [0.05, 0.1) is 5.60 Å². The first-order chi connectivity index (χ1) is 10.2. The minimum Gasteiger partial charge on any atom is -0.444 e. The summed E-state index contributed by atoms with van der Waals surface area (Å²) in [7, 11) is 0. The van der Waals surface area contributed by atoms with Crippen molar-refractivity contribution < 1.29 is 14.6 Å². The van der Waals surface area contributed by atoms with Crippen molar-refractivity contribution in [3.63, 3.8) is 0 Å². The quantitative estimate of drug-likeness (QED) is 0.705. The predicted octanol–water partition coefficient (Wildman–Crippen LogP) is 2.96. The lowest BCUT2D eigenvalue weighted by atomic mass is 9.89. The Bertz CT molecular complexity index is 348. The minimum atomic E-state index is -0.620. The molecule has 0 bridgehead atoms. The van der Waals surface area contributed by atoms with Gasteiger partial charge in [0, 0.05) is 18.6 Å². The third-order valence-electron chi connectivity index (χ3n) is 4.43. The molecule has 0 radical (unpaired) electrons. The molecule has 2 unspecified atom stereocenters. The van der Waals surface area contributed by atoms with Crippen LogP contribution in [0.25, 0.3) is 0 Å². The van der Waals surface area contributed by atoms with E-state index in [1.165, 1.54) is 0 Å². The Hall–Kier alpha value is -0.810. The topological polar surface area (TPSA) is 70.6 Å². The van der Waals surface area contributed by atoms with E-state index in [0.29, 0.717) is 12.6 Å². The average molecular weight is 314 g/mol. The molecule has 1 fully saturated rings. The zero-order valence-corrected chi connectivity index (χ0v) is 14.9. The fraction of sp³-hybridized carbons (Fsp3) is 0.941. The van der Waals surface area contributed by atoms with Gasteiger partial charge < -0.3 is 20.5 Å². The van der Waals surface area contributed by atoms with Gasteiger partial charge in [-0.1, -0.05) is 13.8 Å². The highest BCUT2D eigenvalue weighted by Crippen LogP contribution is 2.21. The Labute approximate surface area is 135 Å². The lowest BCUT2D eigenvalue weighted by Gasteiger charge is -2.34. The molecule has 3 N–H and O–H groups in total.